The van der Waals surface area contributed by atoms with Gasteiger partial charge in [-0.3, -0.25) is 0 Å². The first-order valence-electron chi connectivity index (χ1n) is 7.15. The van der Waals surface area contributed by atoms with E-state index in [0.717, 1.165) is 22.6 Å². The molecule has 0 amide bonds. The lowest BCUT2D eigenvalue weighted by Gasteiger charge is -2.12. The third-order valence-corrected chi connectivity index (χ3v) is 7.11. The average Bonchev–Trinajstić information content (AvgIpc) is 3.12. The van der Waals surface area contributed by atoms with Crippen molar-refractivity contribution < 1.29 is 23.1 Å². The molecule has 122 valence electrons. The van der Waals surface area contributed by atoms with Crippen molar-refractivity contribution in [3.63, 3.8) is 0 Å². The van der Waals surface area contributed by atoms with Crippen LogP contribution < -0.4 is 10.0 Å². The molecule has 0 aromatic carbocycles. The Hall–Kier alpha value is -1.00. The molecule has 3 heterocycles. The molecule has 0 aliphatic carbocycles. The third-order valence-electron chi connectivity index (χ3n) is 3.94. The standard InChI is InChI=1S/C13H18N2O5S2/c16-12(17)11-9-1-3-14-6-10(9)21-13(11)22(18,19)15-5-8-2-4-20-7-8/h8,14-15H,1-7H2,(H,16,17)/t8-/m1/s1. The van der Waals surface area contributed by atoms with E-state index in [-0.39, 0.29) is 22.2 Å². The largest absolute Gasteiger partial charge is 0.478 e. The lowest BCUT2D eigenvalue weighted by atomic mass is 10.1. The van der Waals surface area contributed by atoms with E-state index in [2.05, 4.69) is 10.0 Å². The van der Waals surface area contributed by atoms with Crippen LogP contribution in [-0.2, 0) is 27.7 Å². The Kier molecular flexibility index (Phi) is 4.51. The minimum Gasteiger partial charge on any atom is -0.478 e. The highest BCUT2D eigenvalue weighted by atomic mass is 32.2. The Bertz CT molecular complexity index is 677. The Morgan fingerprint density at radius 1 is 1.50 bits per heavy atom. The average molecular weight is 346 g/mol. The van der Waals surface area contributed by atoms with Crippen LogP contribution in [0.1, 0.15) is 27.2 Å². The second-order valence-corrected chi connectivity index (χ2v) is 8.55. The Morgan fingerprint density at radius 3 is 3.00 bits per heavy atom. The van der Waals surface area contributed by atoms with Gasteiger partial charge in [-0.2, -0.15) is 0 Å². The molecular formula is C13H18N2O5S2. The maximum absolute atomic E-state index is 12.5. The highest BCUT2D eigenvalue weighted by Crippen LogP contribution is 2.34. The number of hydrogen-bond donors (Lipinski definition) is 3. The number of sulfonamides is 1. The molecule has 0 radical (unpaired) electrons. The summed E-state index contributed by atoms with van der Waals surface area (Å²) in [6, 6.07) is 0. The molecule has 1 aromatic rings. The monoisotopic (exact) mass is 346 g/mol. The second-order valence-electron chi connectivity index (χ2n) is 5.48. The van der Waals surface area contributed by atoms with Crippen molar-refractivity contribution in [1.29, 1.82) is 0 Å². The number of nitrogens with one attached hydrogen (secondary N) is 2. The first kappa shape index (κ1) is 15.9. The molecule has 2 aliphatic heterocycles. The van der Waals surface area contributed by atoms with Crippen molar-refractivity contribution in [3.05, 3.63) is 16.0 Å². The summed E-state index contributed by atoms with van der Waals surface area (Å²) in [4.78, 5) is 12.3. The zero-order chi connectivity index (χ0) is 15.7. The van der Waals surface area contributed by atoms with Gasteiger partial charge in [0, 0.05) is 24.6 Å². The zero-order valence-electron chi connectivity index (χ0n) is 11.9. The first-order chi connectivity index (χ1) is 10.5. The Morgan fingerprint density at radius 2 is 2.32 bits per heavy atom. The molecular weight excluding hydrogens is 328 g/mol. The molecule has 22 heavy (non-hydrogen) atoms. The van der Waals surface area contributed by atoms with E-state index in [1.165, 1.54) is 0 Å². The van der Waals surface area contributed by atoms with Crippen LogP contribution in [-0.4, -0.2) is 45.8 Å². The van der Waals surface area contributed by atoms with Crippen LogP contribution in [0, 0.1) is 5.92 Å². The van der Waals surface area contributed by atoms with Crippen LogP contribution in [0.4, 0.5) is 0 Å². The maximum Gasteiger partial charge on any atom is 0.338 e. The summed E-state index contributed by atoms with van der Waals surface area (Å²) in [5, 5.41) is 12.6. The van der Waals surface area contributed by atoms with Crippen LogP contribution in [0.5, 0.6) is 0 Å². The molecule has 1 atom stereocenters. The van der Waals surface area contributed by atoms with Crippen molar-refractivity contribution in [2.75, 3.05) is 26.3 Å². The van der Waals surface area contributed by atoms with Gasteiger partial charge in [0.2, 0.25) is 0 Å². The molecule has 0 saturated carbocycles. The van der Waals surface area contributed by atoms with Gasteiger partial charge in [-0.15, -0.1) is 11.3 Å². The number of carbonyl (C=O) groups is 1. The summed E-state index contributed by atoms with van der Waals surface area (Å²) >= 11 is 1.05. The molecule has 2 aliphatic rings. The van der Waals surface area contributed by atoms with Gasteiger partial charge in [-0.05, 0) is 30.9 Å². The van der Waals surface area contributed by atoms with E-state index in [9.17, 15) is 18.3 Å². The zero-order valence-corrected chi connectivity index (χ0v) is 13.6. The highest BCUT2D eigenvalue weighted by molar-refractivity contribution is 7.91. The molecule has 3 rings (SSSR count). The van der Waals surface area contributed by atoms with Gasteiger partial charge < -0.3 is 15.2 Å². The number of rotatable bonds is 5. The molecule has 1 fully saturated rings. The van der Waals surface area contributed by atoms with Crippen molar-refractivity contribution in [3.8, 4) is 0 Å². The second kappa shape index (κ2) is 6.25. The van der Waals surface area contributed by atoms with Gasteiger partial charge in [0.15, 0.2) is 0 Å². The van der Waals surface area contributed by atoms with E-state index in [1.807, 2.05) is 0 Å². The number of fused-ring (bicyclic) bond motifs is 1. The number of carboxylic acid groups (broad SMARTS) is 1. The topological polar surface area (TPSA) is 105 Å². The summed E-state index contributed by atoms with van der Waals surface area (Å²) in [7, 11) is -3.81. The fourth-order valence-electron chi connectivity index (χ4n) is 2.75. The van der Waals surface area contributed by atoms with Crippen molar-refractivity contribution >= 4 is 27.3 Å². The quantitative estimate of drug-likeness (QED) is 0.713. The summed E-state index contributed by atoms with van der Waals surface area (Å²) in [5.74, 6) is -1.02. The van der Waals surface area contributed by atoms with Gasteiger partial charge in [0.25, 0.3) is 10.0 Å². The fourth-order valence-corrected chi connectivity index (χ4v) is 5.77. The van der Waals surface area contributed by atoms with Crippen molar-refractivity contribution in [1.82, 2.24) is 10.0 Å². The van der Waals surface area contributed by atoms with Crippen molar-refractivity contribution in [2.24, 2.45) is 5.92 Å². The molecule has 9 heteroatoms. The lowest BCUT2D eigenvalue weighted by Crippen LogP contribution is -2.30. The van der Waals surface area contributed by atoms with E-state index in [4.69, 9.17) is 4.74 Å². The number of thiophene rings is 1. The SMILES string of the molecule is O=C(O)c1c(S(=O)(=O)NC[C@H]2CCOC2)sc2c1CCNC2. The minimum absolute atomic E-state index is 0.0586. The van der Waals surface area contributed by atoms with Crippen LogP contribution in [0.25, 0.3) is 0 Å². The predicted octanol–water partition coefficient (Wildman–Crippen LogP) is 0.407. The van der Waals surface area contributed by atoms with Gasteiger partial charge in [-0.25, -0.2) is 17.9 Å². The number of ether oxygens (including phenoxy) is 1. The number of carboxylic acids is 1. The van der Waals surface area contributed by atoms with Crippen LogP contribution in [0.2, 0.25) is 0 Å². The predicted molar refractivity (Wildman–Crippen MR) is 80.8 cm³/mol. The Labute approximate surface area is 132 Å². The van der Waals surface area contributed by atoms with Crippen LogP contribution in [0.15, 0.2) is 4.21 Å². The summed E-state index contributed by atoms with van der Waals surface area (Å²) in [6.07, 6.45) is 1.36. The van der Waals surface area contributed by atoms with Crippen molar-refractivity contribution in [2.45, 2.75) is 23.6 Å². The summed E-state index contributed by atoms with van der Waals surface area (Å²) < 4.78 is 32.7. The minimum atomic E-state index is -3.81. The van der Waals surface area contributed by atoms with E-state index in [0.29, 0.717) is 38.3 Å². The number of hydrogen-bond acceptors (Lipinski definition) is 6. The fraction of sp³-hybridized carbons (Fsp3) is 0.615. The highest BCUT2D eigenvalue weighted by Gasteiger charge is 2.32. The molecule has 1 saturated heterocycles. The van der Waals surface area contributed by atoms with Gasteiger partial charge in [-0.1, -0.05) is 0 Å². The smallest absolute Gasteiger partial charge is 0.338 e. The summed E-state index contributed by atoms with van der Waals surface area (Å²) in [6.45, 7) is 2.65. The maximum atomic E-state index is 12.5. The molecule has 3 N–H and O–H groups in total. The van der Waals surface area contributed by atoms with Gasteiger partial charge in [0.05, 0.1) is 12.2 Å². The number of aromatic carboxylic acids is 1. The van der Waals surface area contributed by atoms with Gasteiger partial charge >= 0.3 is 5.97 Å². The summed E-state index contributed by atoms with van der Waals surface area (Å²) in [5.41, 5.74) is 0.595. The normalized spacial score (nSPS) is 21.7. The molecule has 0 bridgehead atoms. The van der Waals surface area contributed by atoms with E-state index >= 15 is 0 Å². The molecule has 1 aromatic heterocycles. The molecule has 0 unspecified atom stereocenters. The first-order valence-corrected chi connectivity index (χ1v) is 9.45. The van der Waals surface area contributed by atoms with E-state index < -0.39 is 16.0 Å². The lowest BCUT2D eigenvalue weighted by molar-refractivity contribution is 0.0692. The van der Waals surface area contributed by atoms with Gasteiger partial charge in [0.1, 0.15) is 4.21 Å². The molecule has 7 nitrogen and oxygen atoms in total. The van der Waals surface area contributed by atoms with E-state index in [1.54, 1.807) is 0 Å². The third kappa shape index (κ3) is 3.04. The van der Waals surface area contributed by atoms with Crippen LogP contribution >= 0.6 is 11.3 Å². The van der Waals surface area contributed by atoms with Crippen LogP contribution in [0.3, 0.4) is 0 Å². The molecule has 0 spiro atoms. The Balaban J connectivity index is 1.88.